The van der Waals surface area contributed by atoms with Crippen LogP contribution in [0.1, 0.15) is 24.8 Å². The topological polar surface area (TPSA) is 37.4 Å². The lowest BCUT2D eigenvalue weighted by Gasteiger charge is -2.35. The van der Waals surface area contributed by atoms with Crippen LogP contribution in [-0.4, -0.2) is 44.0 Å². The van der Waals surface area contributed by atoms with Gasteiger partial charge in [-0.1, -0.05) is 23.7 Å². The summed E-state index contributed by atoms with van der Waals surface area (Å²) >= 11 is 5.91. The van der Waals surface area contributed by atoms with Crippen molar-refractivity contribution in [2.75, 3.05) is 24.6 Å². The maximum absolute atomic E-state index is 11.6. The van der Waals surface area contributed by atoms with Crippen LogP contribution in [0.25, 0.3) is 0 Å². The van der Waals surface area contributed by atoms with Crippen LogP contribution in [-0.2, 0) is 16.3 Å². The zero-order valence-corrected chi connectivity index (χ0v) is 13.7. The summed E-state index contributed by atoms with van der Waals surface area (Å²) in [6.07, 6.45) is 4.26. The van der Waals surface area contributed by atoms with E-state index in [1.807, 2.05) is 12.1 Å². The van der Waals surface area contributed by atoms with E-state index >= 15 is 0 Å². The molecule has 0 aliphatic carbocycles. The summed E-state index contributed by atoms with van der Waals surface area (Å²) in [7, 11) is -2.77. The minimum atomic E-state index is -2.77. The molecular weight excluding hydrogens is 306 g/mol. The average Bonchev–Trinajstić information content (AvgIpc) is 2.83. The van der Waals surface area contributed by atoms with Crippen LogP contribution in [0.4, 0.5) is 0 Å². The average molecular weight is 328 g/mol. The van der Waals surface area contributed by atoms with E-state index in [9.17, 15) is 8.42 Å². The smallest absolute Gasteiger partial charge is 0.151 e. The molecule has 0 spiro atoms. The SMILES string of the molecule is O=S1(=O)CCC(N2CCC(Cc3ccc(Cl)cc3)CC2)C1. The van der Waals surface area contributed by atoms with E-state index in [2.05, 4.69) is 17.0 Å². The largest absolute Gasteiger partial charge is 0.299 e. The molecular formula is C16H22ClNO2S. The molecule has 1 aromatic carbocycles. The van der Waals surface area contributed by atoms with Crippen molar-refractivity contribution in [2.24, 2.45) is 5.92 Å². The summed E-state index contributed by atoms with van der Waals surface area (Å²) in [6, 6.07) is 8.40. The van der Waals surface area contributed by atoms with Crippen molar-refractivity contribution in [2.45, 2.75) is 31.7 Å². The Kier molecular flexibility index (Phi) is 4.57. The molecule has 2 aliphatic rings. The van der Waals surface area contributed by atoms with Crippen molar-refractivity contribution in [3.63, 3.8) is 0 Å². The van der Waals surface area contributed by atoms with Gasteiger partial charge in [-0.25, -0.2) is 8.42 Å². The number of nitrogens with zero attached hydrogens (tertiary/aromatic N) is 1. The lowest BCUT2D eigenvalue weighted by Crippen LogP contribution is -2.42. The molecule has 2 fully saturated rings. The van der Waals surface area contributed by atoms with E-state index in [1.54, 1.807) is 0 Å². The predicted octanol–water partition coefficient (Wildman–Crippen LogP) is 2.78. The van der Waals surface area contributed by atoms with Crippen molar-refractivity contribution >= 4 is 21.4 Å². The summed E-state index contributed by atoms with van der Waals surface area (Å²) in [5, 5.41) is 0.788. The summed E-state index contributed by atoms with van der Waals surface area (Å²) < 4.78 is 23.2. The molecule has 1 aromatic rings. The molecule has 0 radical (unpaired) electrons. The standard InChI is InChI=1S/C16H22ClNO2S/c17-15-3-1-13(2-4-15)11-14-5-8-18(9-6-14)16-7-10-21(19,20)12-16/h1-4,14,16H,5-12H2. The molecule has 116 valence electrons. The van der Waals surface area contributed by atoms with Gasteiger partial charge in [0, 0.05) is 11.1 Å². The van der Waals surface area contributed by atoms with Gasteiger partial charge < -0.3 is 0 Å². The van der Waals surface area contributed by atoms with Crippen LogP contribution in [0.2, 0.25) is 5.02 Å². The van der Waals surface area contributed by atoms with E-state index in [0.29, 0.717) is 17.4 Å². The van der Waals surface area contributed by atoms with Gasteiger partial charge in [0.1, 0.15) is 0 Å². The Balaban J connectivity index is 1.50. The van der Waals surface area contributed by atoms with Crippen LogP contribution < -0.4 is 0 Å². The highest BCUT2D eigenvalue weighted by Gasteiger charge is 2.33. The van der Waals surface area contributed by atoms with Gasteiger partial charge in [-0.15, -0.1) is 0 Å². The molecule has 5 heteroatoms. The molecule has 21 heavy (non-hydrogen) atoms. The molecule has 1 atom stereocenters. The van der Waals surface area contributed by atoms with Gasteiger partial charge in [0.2, 0.25) is 0 Å². The van der Waals surface area contributed by atoms with E-state index in [1.165, 1.54) is 18.4 Å². The first-order valence-electron chi connectivity index (χ1n) is 7.71. The normalized spacial score (nSPS) is 27.0. The highest BCUT2D eigenvalue weighted by Crippen LogP contribution is 2.26. The van der Waals surface area contributed by atoms with Crippen molar-refractivity contribution in [3.05, 3.63) is 34.9 Å². The molecule has 2 saturated heterocycles. The lowest BCUT2D eigenvalue weighted by atomic mass is 9.89. The molecule has 0 bridgehead atoms. The second-order valence-corrected chi connectivity index (χ2v) is 9.03. The Morgan fingerprint density at radius 3 is 2.33 bits per heavy atom. The zero-order chi connectivity index (χ0) is 14.9. The fourth-order valence-corrected chi connectivity index (χ4v) is 5.43. The highest BCUT2D eigenvalue weighted by molar-refractivity contribution is 7.91. The number of halogens is 1. The number of hydrogen-bond donors (Lipinski definition) is 0. The molecule has 0 N–H and O–H groups in total. The molecule has 0 saturated carbocycles. The molecule has 3 rings (SSSR count). The second-order valence-electron chi connectivity index (χ2n) is 6.37. The van der Waals surface area contributed by atoms with Gasteiger partial charge in [-0.2, -0.15) is 0 Å². The summed E-state index contributed by atoms with van der Waals surface area (Å²) in [4.78, 5) is 2.39. The van der Waals surface area contributed by atoms with Gasteiger partial charge in [0.05, 0.1) is 11.5 Å². The molecule has 0 aromatic heterocycles. The number of piperidine rings is 1. The Morgan fingerprint density at radius 1 is 1.10 bits per heavy atom. The van der Waals surface area contributed by atoms with Gasteiger partial charge >= 0.3 is 0 Å². The van der Waals surface area contributed by atoms with Gasteiger partial charge in [0.25, 0.3) is 0 Å². The second kappa shape index (κ2) is 6.27. The van der Waals surface area contributed by atoms with Crippen LogP contribution in [0.5, 0.6) is 0 Å². The quantitative estimate of drug-likeness (QED) is 0.856. The third kappa shape index (κ3) is 3.99. The Hall–Kier alpha value is -0.580. The lowest BCUT2D eigenvalue weighted by molar-refractivity contribution is 0.143. The van der Waals surface area contributed by atoms with Crippen LogP contribution in [0.15, 0.2) is 24.3 Å². The summed E-state index contributed by atoms with van der Waals surface area (Å²) in [6.45, 7) is 2.08. The fraction of sp³-hybridized carbons (Fsp3) is 0.625. The first-order valence-corrected chi connectivity index (χ1v) is 9.91. The van der Waals surface area contributed by atoms with Crippen LogP contribution in [0, 0.1) is 5.92 Å². The number of hydrogen-bond acceptors (Lipinski definition) is 3. The Bertz CT molecular complexity index is 577. The predicted molar refractivity (Wildman–Crippen MR) is 86.5 cm³/mol. The number of benzene rings is 1. The van der Waals surface area contributed by atoms with Crippen LogP contribution in [0.3, 0.4) is 0 Å². The minimum absolute atomic E-state index is 0.270. The monoisotopic (exact) mass is 327 g/mol. The summed E-state index contributed by atoms with van der Waals surface area (Å²) in [5.74, 6) is 1.46. The maximum Gasteiger partial charge on any atom is 0.151 e. The molecule has 1 unspecified atom stereocenters. The molecule has 2 aliphatic heterocycles. The van der Waals surface area contributed by atoms with Crippen molar-refractivity contribution < 1.29 is 8.42 Å². The molecule has 2 heterocycles. The summed E-state index contributed by atoms with van der Waals surface area (Å²) in [5.41, 5.74) is 1.35. The maximum atomic E-state index is 11.6. The Labute approximate surface area is 132 Å². The number of sulfone groups is 1. The first kappa shape index (κ1) is 15.3. The number of likely N-dealkylation sites (tertiary alicyclic amines) is 1. The van der Waals surface area contributed by atoms with Crippen molar-refractivity contribution in [1.29, 1.82) is 0 Å². The van der Waals surface area contributed by atoms with E-state index in [0.717, 1.165) is 31.0 Å². The highest BCUT2D eigenvalue weighted by atomic mass is 35.5. The van der Waals surface area contributed by atoms with E-state index in [4.69, 9.17) is 11.6 Å². The minimum Gasteiger partial charge on any atom is -0.299 e. The van der Waals surface area contributed by atoms with Gasteiger partial charge in [-0.05, 0) is 62.4 Å². The van der Waals surface area contributed by atoms with E-state index < -0.39 is 9.84 Å². The fourth-order valence-electron chi connectivity index (χ4n) is 3.54. The molecule has 0 amide bonds. The van der Waals surface area contributed by atoms with Crippen LogP contribution >= 0.6 is 11.6 Å². The third-order valence-electron chi connectivity index (χ3n) is 4.81. The first-order chi connectivity index (χ1) is 10.0. The van der Waals surface area contributed by atoms with Gasteiger partial charge in [-0.3, -0.25) is 4.90 Å². The molecule has 3 nitrogen and oxygen atoms in total. The van der Waals surface area contributed by atoms with Gasteiger partial charge in [0.15, 0.2) is 9.84 Å². The van der Waals surface area contributed by atoms with E-state index in [-0.39, 0.29) is 6.04 Å². The van der Waals surface area contributed by atoms with Crippen molar-refractivity contribution in [3.8, 4) is 0 Å². The zero-order valence-electron chi connectivity index (χ0n) is 12.2. The Morgan fingerprint density at radius 2 is 1.76 bits per heavy atom. The number of rotatable bonds is 3. The van der Waals surface area contributed by atoms with Crippen molar-refractivity contribution in [1.82, 2.24) is 4.90 Å². The third-order valence-corrected chi connectivity index (χ3v) is 6.81.